The van der Waals surface area contributed by atoms with Gasteiger partial charge in [-0.05, 0) is 54.2 Å². The zero-order valence-corrected chi connectivity index (χ0v) is 19.1. The van der Waals surface area contributed by atoms with Crippen LogP contribution in [-0.2, 0) is 22.6 Å². The minimum Gasteiger partial charge on any atom is -0.497 e. The van der Waals surface area contributed by atoms with E-state index in [1.807, 2.05) is 24.3 Å². The number of nitrogens with one attached hydrogen (secondary N) is 1. The fourth-order valence-corrected chi connectivity index (χ4v) is 3.87. The number of nitrogens with zero attached hydrogens (tertiary/aromatic N) is 4. The number of rotatable bonds is 7. The number of methoxy groups -OCH3 is 1. The minimum absolute atomic E-state index is 0.0467. The van der Waals surface area contributed by atoms with Crippen molar-refractivity contribution in [2.24, 2.45) is 0 Å². The van der Waals surface area contributed by atoms with Gasteiger partial charge in [0.05, 0.1) is 20.3 Å². The number of morpholine rings is 1. The smallest absolute Gasteiger partial charge is 0.242 e. The summed E-state index contributed by atoms with van der Waals surface area (Å²) in [5, 5.41) is 7.11. The van der Waals surface area contributed by atoms with Gasteiger partial charge in [-0.2, -0.15) is 5.10 Å². The zero-order chi connectivity index (χ0) is 22.5. The van der Waals surface area contributed by atoms with Gasteiger partial charge in [-0.25, -0.2) is 0 Å². The molecule has 0 bridgehead atoms. The maximum absolute atomic E-state index is 12.9. The van der Waals surface area contributed by atoms with Crippen LogP contribution < -0.4 is 9.64 Å². The number of aromatic nitrogens is 3. The summed E-state index contributed by atoms with van der Waals surface area (Å²) in [4.78, 5) is 17.0. The van der Waals surface area contributed by atoms with E-state index < -0.39 is 0 Å². The minimum atomic E-state index is -0.0467. The summed E-state index contributed by atoms with van der Waals surface area (Å²) in [5.41, 5.74) is 3.11. The Morgan fingerprint density at radius 3 is 2.50 bits per heavy atom. The van der Waals surface area contributed by atoms with Gasteiger partial charge in [0.2, 0.25) is 5.91 Å². The number of benzene rings is 2. The summed E-state index contributed by atoms with van der Waals surface area (Å²) in [6, 6.07) is 15.8. The Kier molecular flexibility index (Phi) is 6.87. The third-order valence-electron chi connectivity index (χ3n) is 5.56. The quantitative estimate of drug-likeness (QED) is 0.554. The lowest BCUT2D eigenvalue weighted by molar-refractivity contribution is -0.131. The van der Waals surface area contributed by atoms with Gasteiger partial charge in [0.25, 0.3) is 0 Å². The van der Waals surface area contributed by atoms with Crippen molar-refractivity contribution in [1.29, 1.82) is 0 Å². The molecule has 0 saturated carbocycles. The Morgan fingerprint density at radius 1 is 1.16 bits per heavy atom. The molecule has 1 aliphatic rings. The highest BCUT2D eigenvalue weighted by molar-refractivity contribution is 7.71. The van der Waals surface area contributed by atoms with Gasteiger partial charge >= 0.3 is 0 Å². The third-order valence-corrected chi connectivity index (χ3v) is 5.87. The van der Waals surface area contributed by atoms with E-state index in [0.717, 1.165) is 43.2 Å². The molecule has 9 heteroatoms. The van der Waals surface area contributed by atoms with Gasteiger partial charge in [0.1, 0.15) is 12.3 Å². The maximum Gasteiger partial charge on any atom is 0.242 e. The summed E-state index contributed by atoms with van der Waals surface area (Å²) in [6.07, 6.45) is 0. The van der Waals surface area contributed by atoms with Crippen molar-refractivity contribution in [2.45, 2.75) is 13.1 Å². The molecule has 0 unspecified atom stereocenters. The second kappa shape index (κ2) is 9.97. The van der Waals surface area contributed by atoms with Crippen LogP contribution in [0, 0.1) is 4.77 Å². The average Bonchev–Trinajstić information content (AvgIpc) is 3.20. The molecule has 3 aromatic rings. The summed E-state index contributed by atoms with van der Waals surface area (Å²) < 4.78 is 12.8. The van der Waals surface area contributed by atoms with Crippen LogP contribution in [0.5, 0.6) is 5.75 Å². The van der Waals surface area contributed by atoms with E-state index in [0.29, 0.717) is 17.1 Å². The number of anilines is 1. The number of amides is 1. The van der Waals surface area contributed by atoms with Crippen LogP contribution in [0.1, 0.15) is 5.56 Å². The normalized spacial score (nSPS) is 13.8. The number of aromatic amines is 1. The van der Waals surface area contributed by atoms with E-state index in [2.05, 4.69) is 39.4 Å². The van der Waals surface area contributed by atoms with E-state index >= 15 is 0 Å². The fourth-order valence-electron chi connectivity index (χ4n) is 3.68. The van der Waals surface area contributed by atoms with Gasteiger partial charge in [0.15, 0.2) is 10.6 Å². The van der Waals surface area contributed by atoms with E-state index in [4.69, 9.17) is 21.7 Å². The number of carbonyl (C=O) groups is 1. The first-order valence-electron chi connectivity index (χ1n) is 10.5. The lowest BCUT2D eigenvalue weighted by atomic mass is 10.1. The molecule has 32 heavy (non-hydrogen) atoms. The van der Waals surface area contributed by atoms with Gasteiger partial charge in [-0.3, -0.25) is 14.5 Å². The van der Waals surface area contributed by atoms with Gasteiger partial charge < -0.3 is 19.3 Å². The molecule has 1 aliphatic heterocycles. The van der Waals surface area contributed by atoms with Crippen LogP contribution in [0.3, 0.4) is 0 Å². The summed E-state index contributed by atoms with van der Waals surface area (Å²) in [6.45, 7) is 3.95. The van der Waals surface area contributed by atoms with Gasteiger partial charge in [-0.1, -0.05) is 12.1 Å². The largest absolute Gasteiger partial charge is 0.497 e. The topological polar surface area (TPSA) is 75.6 Å². The molecule has 168 valence electrons. The van der Waals surface area contributed by atoms with Crippen molar-refractivity contribution >= 4 is 23.8 Å². The molecule has 4 rings (SSSR count). The average molecular weight is 454 g/mol. The number of H-pyrrole nitrogens is 1. The van der Waals surface area contributed by atoms with Crippen molar-refractivity contribution in [3.05, 3.63) is 58.9 Å². The zero-order valence-electron chi connectivity index (χ0n) is 18.3. The molecule has 2 aromatic carbocycles. The van der Waals surface area contributed by atoms with E-state index in [9.17, 15) is 4.79 Å². The molecule has 8 nitrogen and oxygen atoms in total. The van der Waals surface area contributed by atoms with E-state index in [1.54, 1.807) is 23.6 Å². The molecule has 0 radical (unpaired) electrons. The van der Waals surface area contributed by atoms with Crippen LogP contribution >= 0.6 is 12.2 Å². The van der Waals surface area contributed by atoms with Crippen LogP contribution in [0.2, 0.25) is 0 Å². The van der Waals surface area contributed by atoms with Crippen molar-refractivity contribution in [2.75, 3.05) is 45.4 Å². The summed E-state index contributed by atoms with van der Waals surface area (Å²) >= 11 is 5.37. The number of likely N-dealkylation sites (N-methyl/N-ethyl adjacent to an activating group) is 1. The lowest BCUT2D eigenvalue weighted by Crippen LogP contribution is -2.36. The second-order valence-electron chi connectivity index (χ2n) is 7.68. The Bertz CT molecular complexity index is 1100. The molecule has 2 heterocycles. The monoisotopic (exact) mass is 453 g/mol. The SMILES string of the molecule is COc1ccc(-c2n[nH]c(=S)n2CC(=O)N(C)Cc2ccc(N3CCOCC3)cc2)cc1. The summed E-state index contributed by atoms with van der Waals surface area (Å²) in [7, 11) is 3.42. The van der Waals surface area contributed by atoms with Crippen LogP contribution in [0.15, 0.2) is 48.5 Å². The molecular formula is C23H27N5O3S. The summed E-state index contributed by atoms with van der Waals surface area (Å²) in [5.74, 6) is 1.33. The Morgan fingerprint density at radius 2 is 1.84 bits per heavy atom. The van der Waals surface area contributed by atoms with Crippen molar-refractivity contribution in [1.82, 2.24) is 19.7 Å². The first kappa shape index (κ1) is 22.0. The molecule has 0 spiro atoms. The highest BCUT2D eigenvalue weighted by Gasteiger charge is 2.16. The van der Waals surface area contributed by atoms with E-state index in [1.165, 1.54) is 5.69 Å². The number of ether oxygens (including phenoxy) is 2. The molecule has 0 aliphatic carbocycles. The highest BCUT2D eigenvalue weighted by Crippen LogP contribution is 2.21. The molecular weight excluding hydrogens is 426 g/mol. The number of hydrogen-bond donors (Lipinski definition) is 1. The Hall–Kier alpha value is -3.17. The van der Waals surface area contributed by atoms with Crippen LogP contribution in [0.25, 0.3) is 11.4 Å². The van der Waals surface area contributed by atoms with Crippen LogP contribution in [0.4, 0.5) is 5.69 Å². The lowest BCUT2D eigenvalue weighted by Gasteiger charge is -2.29. The van der Waals surface area contributed by atoms with Crippen molar-refractivity contribution in [3.8, 4) is 17.1 Å². The predicted octanol–water partition coefficient (Wildman–Crippen LogP) is 3.11. The first-order chi connectivity index (χ1) is 15.5. The standard InChI is InChI=1S/C23H27N5O3S/c1-26(15-17-3-7-19(8-4-17)27-11-13-31-14-12-27)21(29)16-28-22(24-25-23(28)32)18-5-9-20(30-2)10-6-18/h3-10H,11-16H2,1-2H3,(H,25,32). The predicted molar refractivity (Wildman–Crippen MR) is 125 cm³/mol. The Labute approximate surface area is 192 Å². The molecule has 1 amide bonds. The number of carbonyl (C=O) groups excluding carboxylic acids is 1. The fraction of sp³-hybridized carbons (Fsp3) is 0.348. The Balaban J connectivity index is 1.41. The van der Waals surface area contributed by atoms with Crippen molar-refractivity contribution in [3.63, 3.8) is 0 Å². The van der Waals surface area contributed by atoms with Gasteiger partial charge in [0, 0.05) is 37.9 Å². The van der Waals surface area contributed by atoms with E-state index in [-0.39, 0.29) is 12.5 Å². The van der Waals surface area contributed by atoms with Crippen LogP contribution in [-0.4, -0.2) is 66.0 Å². The molecule has 1 fully saturated rings. The molecule has 1 saturated heterocycles. The third kappa shape index (κ3) is 5.00. The molecule has 1 aromatic heterocycles. The first-order valence-corrected chi connectivity index (χ1v) is 10.9. The number of hydrogen-bond acceptors (Lipinski definition) is 6. The molecule has 0 atom stereocenters. The maximum atomic E-state index is 12.9. The van der Waals surface area contributed by atoms with Gasteiger partial charge in [-0.15, -0.1) is 0 Å². The molecule has 1 N–H and O–H groups in total. The van der Waals surface area contributed by atoms with Crippen molar-refractivity contribution < 1.29 is 14.3 Å². The highest BCUT2D eigenvalue weighted by atomic mass is 32.1. The second-order valence-corrected chi connectivity index (χ2v) is 8.07.